The van der Waals surface area contributed by atoms with Crippen LogP contribution in [0.15, 0.2) is 35.9 Å². The van der Waals surface area contributed by atoms with Crippen molar-refractivity contribution in [2.75, 3.05) is 34.0 Å². The van der Waals surface area contributed by atoms with Gasteiger partial charge in [-0.1, -0.05) is 39.8 Å². The summed E-state index contributed by atoms with van der Waals surface area (Å²) in [7, 11) is 3.08. The Balaban J connectivity index is 1.34. The van der Waals surface area contributed by atoms with Crippen molar-refractivity contribution in [2.24, 2.45) is 22.7 Å². The molecule has 7 atom stereocenters. The van der Waals surface area contributed by atoms with E-state index in [0.29, 0.717) is 42.1 Å². The van der Waals surface area contributed by atoms with Crippen LogP contribution in [0.2, 0.25) is 0 Å². The van der Waals surface area contributed by atoms with Gasteiger partial charge in [0.25, 0.3) is 0 Å². The van der Waals surface area contributed by atoms with Crippen molar-refractivity contribution < 1.29 is 52.3 Å². The lowest BCUT2D eigenvalue weighted by molar-refractivity contribution is -0.203. The average molecular weight is 669 g/mol. The number of cyclic esters (lactones) is 1. The Kier molecular flexibility index (Phi) is 10.6. The lowest BCUT2D eigenvalue weighted by Crippen LogP contribution is -2.61. The zero-order valence-corrected chi connectivity index (χ0v) is 28.8. The molecule has 48 heavy (non-hydrogen) atoms. The zero-order valence-electron chi connectivity index (χ0n) is 28.8. The predicted octanol–water partition coefficient (Wildman–Crippen LogP) is 5.38. The first-order valence-corrected chi connectivity index (χ1v) is 16.9. The van der Waals surface area contributed by atoms with E-state index in [9.17, 15) is 19.2 Å². The van der Waals surface area contributed by atoms with Crippen LogP contribution >= 0.6 is 0 Å². The number of carbonyl (C=O) groups excluding carboxylic acids is 4. The van der Waals surface area contributed by atoms with E-state index in [0.717, 1.165) is 19.3 Å². The minimum atomic E-state index is -0.841. The van der Waals surface area contributed by atoms with Crippen molar-refractivity contribution in [3.63, 3.8) is 0 Å². The number of methoxy groups -OCH3 is 2. The molecule has 4 fully saturated rings. The van der Waals surface area contributed by atoms with Crippen LogP contribution in [0.1, 0.15) is 78.2 Å². The summed E-state index contributed by atoms with van der Waals surface area (Å²) < 4.78 is 39.5. The molecule has 4 aliphatic rings. The quantitative estimate of drug-likeness (QED) is 0.123. The third-order valence-corrected chi connectivity index (χ3v) is 11.1. The van der Waals surface area contributed by atoms with Crippen molar-refractivity contribution >= 4 is 30.0 Å². The number of hydrogen-bond donors (Lipinski definition) is 0. The first kappa shape index (κ1) is 35.4. The molecule has 0 bridgehead atoms. The standard InChI is InChI=1S/C37H48O11/c1-7-31(38)45-21-36(4)28-15-18-37(22-46-37)29(35(28,3)17-16-30(36)48-32(39)8-2)13-11-24-27(20-44-34(24)41)47-33(40)14-10-23-9-12-25(42-5)26(19-23)43-6/h9-12,14,19,27-30H,7-8,13,15-18,20-22H2,1-6H3/b14-10+,24-11+/t27-,28+,29+,30-,35-,36+,37-/m1/s1. The van der Waals surface area contributed by atoms with Crippen molar-refractivity contribution in [2.45, 2.75) is 90.4 Å². The molecule has 2 heterocycles. The van der Waals surface area contributed by atoms with Crippen LogP contribution < -0.4 is 9.47 Å². The average Bonchev–Trinajstić information content (AvgIpc) is 3.77. The Hall–Kier alpha value is -3.86. The van der Waals surface area contributed by atoms with Gasteiger partial charge in [-0.3, -0.25) is 9.59 Å². The number of fused-ring (bicyclic) bond motifs is 1. The molecule has 2 saturated carbocycles. The van der Waals surface area contributed by atoms with Gasteiger partial charge < -0.3 is 33.2 Å². The summed E-state index contributed by atoms with van der Waals surface area (Å²) in [5, 5.41) is 0. The maximum absolute atomic E-state index is 12.9. The first-order chi connectivity index (χ1) is 22.9. The largest absolute Gasteiger partial charge is 0.493 e. The molecule has 11 heteroatoms. The van der Waals surface area contributed by atoms with E-state index in [1.807, 2.05) is 6.08 Å². The molecule has 0 radical (unpaired) electrons. The van der Waals surface area contributed by atoms with E-state index >= 15 is 0 Å². The molecule has 0 amide bonds. The van der Waals surface area contributed by atoms with Gasteiger partial charge in [-0.2, -0.15) is 0 Å². The van der Waals surface area contributed by atoms with Gasteiger partial charge >= 0.3 is 23.9 Å². The van der Waals surface area contributed by atoms with Gasteiger partial charge in [-0.25, -0.2) is 9.59 Å². The Morgan fingerprint density at radius 1 is 0.979 bits per heavy atom. The van der Waals surface area contributed by atoms with E-state index in [4.69, 9.17) is 33.2 Å². The molecule has 1 aromatic carbocycles. The van der Waals surface area contributed by atoms with Crippen LogP contribution in [0.5, 0.6) is 11.5 Å². The summed E-state index contributed by atoms with van der Waals surface area (Å²) >= 11 is 0. The van der Waals surface area contributed by atoms with Gasteiger partial charge in [0.1, 0.15) is 19.3 Å². The summed E-state index contributed by atoms with van der Waals surface area (Å²) in [4.78, 5) is 50.5. The first-order valence-electron chi connectivity index (χ1n) is 16.9. The highest BCUT2D eigenvalue weighted by atomic mass is 16.6. The number of hydrogen-bond acceptors (Lipinski definition) is 11. The van der Waals surface area contributed by atoms with Crippen LogP contribution in [0.25, 0.3) is 6.08 Å². The fourth-order valence-electron chi connectivity index (χ4n) is 8.37. The van der Waals surface area contributed by atoms with Crippen LogP contribution in [0, 0.1) is 22.7 Å². The Morgan fingerprint density at radius 2 is 1.71 bits per heavy atom. The van der Waals surface area contributed by atoms with Gasteiger partial charge in [0.15, 0.2) is 17.6 Å². The van der Waals surface area contributed by atoms with Crippen molar-refractivity contribution in [1.29, 1.82) is 0 Å². The Labute approximate surface area is 282 Å². The van der Waals surface area contributed by atoms with E-state index in [1.165, 1.54) is 13.2 Å². The van der Waals surface area contributed by atoms with Gasteiger partial charge in [-0.05, 0) is 73.1 Å². The molecule has 2 aliphatic heterocycles. The Morgan fingerprint density at radius 3 is 2.38 bits per heavy atom. The molecule has 11 nitrogen and oxygen atoms in total. The lowest BCUT2D eigenvalue weighted by Gasteiger charge is -2.61. The van der Waals surface area contributed by atoms with Crippen LogP contribution in [0.3, 0.4) is 0 Å². The molecule has 0 aromatic heterocycles. The fourth-order valence-corrected chi connectivity index (χ4v) is 8.37. The van der Waals surface area contributed by atoms with Gasteiger partial charge in [-0.15, -0.1) is 0 Å². The van der Waals surface area contributed by atoms with Crippen molar-refractivity contribution in [3.8, 4) is 11.5 Å². The zero-order chi connectivity index (χ0) is 34.7. The number of esters is 4. The second kappa shape index (κ2) is 14.3. The molecule has 2 aliphatic carbocycles. The highest BCUT2D eigenvalue weighted by Gasteiger charge is 2.67. The number of carbonyl (C=O) groups is 4. The van der Waals surface area contributed by atoms with E-state index in [2.05, 4.69) is 13.8 Å². The molecule has 262 valence electrons. The molecule has 1 spiro atoms. The predicted molar refractivity (Wildman–Crippen MR) is 174 cm³/mol. The van der Waals surface area contributed by atoms with Crippen LogP contribution in [0.4, 0.5) is 0 Å². The molecule has 0 unspecified atom stereocenters. The third-order valence-electron chi connectivity index (χ3n) is 11.1. The number of benzene rings is 1. The normalized spacial score (nSPS) is 33.2. The maximum atomic E-state index is 12.9. The smallest absolute Gasteiger partial charge is 0.337 e. The summed E-state index contributed by atoms with van der Waals surface area (Å²) in [5.74, 6) is -0.493. The monoisotopic (exact) mass is 668 g/mol. The second-order valence-corrected chi connectivity index (χ2v) is 13.8. The number of epoxide rings is 1. The van der Waals surface area contributed by atoms with Gasteiger partial charge in [0.2, 0.25) is 0 Å². The summed E-state index contributed by atoms with van der Waals surface area (Å²) in [5.41, 5.74) is -0.174. The van der Waals surface area contributed by atoms with E-state index in [1.54, 1.807) is 45.2 Å². The molecule has 0 N–H and O–H groups in total. The fraction of sp³-hybridized carbons (Fsp3) is 0.622. The van der Waals surface area contributed by atoms with Gasteiger partial charge in [0.05, 0.1) is 32.0 Å². The molecular formula is C37H48O11. The molecule has 5 rings (SSSR count). The minimum absolute atomic E-state index is 0.0231. The van der Waals surface area contributed by atoms with Crippen molar-refractivity contribution in [1.82, 2.24) is 0 Å². The summed E-state index contributed by atoms with van der Waals surface area (Å²) in [6, 6.07) is 5.27. The van der Waals surface area contributed by atoms with E-state index < -0.39 is 23.5 Å². The Bertz CT molecular complexity index is 1460. The number of rotatable bonds is 12. The second-order valence-electron chi connectivity index (χ2n) is 13.8. The highest BCUT2D eigenvalue weighted by Crippen LogP contribution is 2.66. The van der Waals surface area contributed by atoms with Gasteiger partial charge in [0, 0.05) is 24.3 Å². The summed E-state index contributed by atoms with van der Waals surface area (Å²) in [6.45, 7) is 8.59. The maximum Gasteiger partial charge on any atom is 0.337 e. The number of ether oxygens (including phenoxy) is 7. The molecule has 2 saturated heterocycles. The third kappa shape index (κ3) is 6.97. The van der Waals surface area contributed by atoms with Crippen LogP contribution in [-0.4, -0.2) is 75.7 Å². The summed E-state index contributed by atoms with van der Waals surface area (Å²) in [6.07, 6.45) is 7.60. The molecular weight excluding hydrogens is 620 g/mol. The van der Waals surface area contributed by atoms with Crippen molar-refractivity contribution in [3.05, 3.63) is 41.5 Å². The van der Waals surface area contributed by atoms with E-state index in [-0.39, 0.29) is 66.9 Å². The minimum Gasteiger partial charge on any atom is -0.493 e. The highest BCUT2D eigenvalue weighted by molar-refractivity contribution is 5.93. The topological polar surface area (TPSA) is 136 Å². The SMILES string of the molecule is CCC(=O)OC[C@@]1(C)[C@H]2CC[C@@]3(CO3)[C@@H](C/C=C3/C(=O)OC[C@H]3OC(=O)/C=C/c3ccc(OC)c(OC)c3)[C@]2(C)CC[C@H]1OC(=O)CC. The number of allylic oxidation sites excluding steroid dienone is 1. The lowest BCUT2D eigenvalue weighted by atomic mass is 9.45. The van der Waals surface area contributed by atoms with Crippen LogP contribution in [-0.2, 0) is 42.9 Å². The molecule has 1 aromatic rings.